The van der Waals surface area contributed by atoms with Crippen LogP contribution in [0, 0.1) is 5.92 Å². The minimum absolute atomic E-state index is 0.0811. The van der Waals surface area contributed by atoms with Crippen LogP contribution >= 0.6 is 11.8 Å². The SMILES string of the molecule is CCC(C)C(NC(=O)C(CC(=O)O)NC(=O)C(N)Cc1cnc[nH]1)C(=O)NC(CCSC)C(=O)O. The standard InChI is InChI=1S/C21H34N6O7S/c1-4-11(2)17(20(32)25-14(21(33)34)5-6-35-3)27-19(31)15(8-16(28)29)26-18(30)13(22)7-12-9-23-10-24-12/h9-11,13-15,17H,4-8,22H2,1-3H3,(H,23,24)(H,25,32)(H,26,30)(H,27,31)(H,28,29)(H,33,34). The molecule has 5 atom stereocenters. The highest BCUT2D eigenvalue weighted by molar-refractivity contribution is 7.98. The van der Waals surface area contributed by atoms with E-state index in [0.29, 0.717) is 17.9 Å². The molecule has 14 heteroatoms. The van der Waals surface area contributed by atoms with Gasteiger partial charge in [0.15, 0.2) is 0 Å². The molecule has 0 fully saturated rings. The summed E-state index contributed by atoms with van der Waals surface area (Å²) >= 11 is 1.43. The van der Waals surface area contributed by atoms with Gasteiger partial charge in [-0.1, -0.05) is 20.3 Å². The fourth-order valence-electron chi connectivity index (χ4n) is 3.10. The number of nitrogens with two attached hydrogens (primary N) is 1. The van der Waals surface area contributed by atoms with E-state index < -0.39 is 66.2 Å². The van der Waals surface area contributed by atoms with E-state index in [-0.39, 0.29) is 12.8 Å². The summed E-state index contributed by atoms with van der Waals surface area (Å²) in [6.07, 6.45) is 4.69. The zero-order valence-electron chi connectivity index (χ0n) is 19.9. The van der Waals surface area contributed by atoms with Crippen LogP contribution in [0.15, 0.2) is 12.5 Å². The van der Waals surface area contributed by atoms with Gasteiger partial charge < -0.3 is 36.9 Å². The number of carbonyl (C=O) groups is 5. The van der Waals surface area contributed by atoms with E-state index in [1.54, 1.807) is 20.1 Å². The first-order chi connectivity index (χ1) is 16.5. The first-order valence-corrected chi connectivity index (χ1v) is 12.5. The van der Waals surface area contributed by atoms with E-state index in [1.165, 1.54) is 24.3 Å². The molecular formula is C21H34N6O7S. The fraction of sp³-hybridized carbons (Fsp3) is 0.619. The third-order valence-electron chi connectivity index (χ3n) is 5.36. The lowest BCUT2D eigenvalue weighted by Gasteiger charge is -2.27. The number of H-pyrrole nitrogens is 1. The molecule has 0 aliphatic rings. The number of nitrogens with one attached hydrogen (secondary N) is 4. The summed E-state index contributed by atoms with van der Waals surface area (Å²) in [6, 6.07) is -4.87. The fourth-order valence-corrected chi connectivity index (χ4v) is 3.57. The Morgan fingerprint density at radius 3 is 2.26 bits per heavy atom. The number of aromatic amines is 1. The molecule has 1 heterocycles. The number of aromatic nitrogens is 2. The van der Waals surface area contributed by atoms with Gasteiger partial charge in [-0.3, -0.25) is 19.2 Å². The topological polar surface area (TPSA) is 217 Å². The van der Waals surface area contributed by atoms with Gasteiger partial charge in [0, 0.05) is 18.3 Å². The van der Waals surface area contributed by atoms with Gasteiger partial charge in [0.1, 0.15) is 18.1 Å². The third-order valence-corrected chi connectivity index (χ3v) is 6.01. The van der Waals surface area contributed by atoms with Crippen molar-refractivity contribution in [1.29, 1.82) is 0 Å². The molecule has 0 aliphatic heterocycles. The summed E-state index contributed by atoms with van der Waals surface area (Å²) in [6.45, 7) is 3.47. The zero-order valence-corrected chi connectivity index (χ0v) is 20.8. The molecule has 0 aliphatic carbocycles. The van der Waals surface area contributed by atoms with Gasteiger partial charge in [0.2, 0.25) is 17.7 Å². The zero-order chi connectivity index (χ0) is 26.5. The van der Waals surface area contributed by atoms with Crippen LogP contribution in [-0.4, -0.2) is 86.0 Å². The summed E-state index contributed by atoms with van der Waals surface area (Å²) < 4.78 is 0. The van der Waals surface area contributed by atoms with Crippen molar-refractivity contribution in [1.82, 2.24) is 25.9 Å². The Kier molecular flexibility index (Phi) is 12.8. The Morgan fingerprint density at radius 2 is 1.74 bits per heavy atom. The number of aliphatic carboxylic acids is 2. The Hall–Kier alpha value is -3.13. The van der Waals surface area contributed by atoms with Crippen LogP contribution in [0.5, 0.6) is 0 Å². The van der Waals surface area contributed by atoms with Gasteiger partial charge in [0.25, 0.3) is 0 Å². The summed E-state index contributed by atoms with van der Waals surface area (Å²) in [7, 11) is 0. The quantitative estimate of drug-likeness (QED) is 0.144. The lowest BCUT2D eigenvalue weighted by Crippen LogP contribution is -2.59. The minimum Gasteiger partial charge on any atom is -0.481 e. The molecule has 1 rings (SSSR count). The highest BCUT2D eigenvalue weighted by Crippen LogP contribution is 2.11. The predicted octanol–water partition coefficient (Wildman–Crippen LogP) is -0.908. The summed E-state index contributed by atoms with van der Waals surface area (Å²) in [5, 5.41) is 25.9. The monoisotopic (exact) mass is 514 g/mol. The van der Waals surface area contributed by atoms with Gasteiger partial charge in [0.05, 0.1) is 18.8 Å². The predicted molar refractivity (Wildman–Crippen MR) is 128 cm³/mol. The van der Waals surface area contributed by atoms with Crippen molar-refractivity contribution in [2.24, 2.45) is 11.7 Å². The Morgan fingerprint density at radius 1 is 1.09 bits per heavy atom. The number of amides is 3. The number of rotatable bonds is 16. The second kappa shape index (κ2) is 15.0. The Labute approximate surface area is 207 Å². The number of carboxylic acids is 2. The first kappa shape index (κ1) is 29.9. The third kappa shape index (κ3) is 10.3. The molecule has 0 saturated carbocycles. The number of carboxylic acid groups (broad SMARTS) is 2. The molecule has 0 spiro atoms. The van der Waals surface area contributed by atoms with Crippen molar-refractivity contribution in [2.75, 3.05) is 12.0 Å². The lowest BCUT2D eigenvalue weighted by molar-refractivity contribution is -0.143. The highest BCUT2D eigenvalue weighted by atomic mass is 32.2. The second-order valence-corrected chi connectivity index (χ2v) is 9.08. The van der Waals surface area contributed by atoms with Crippen LogP contribution in [-0.2, 0) is 30.4 Å². The summed E-state index contributed by atoms with van der Waals surface area (Å²) in [4.78, 5) is 67.8. The molecule has 13 nitrogen and oxygen atoms in total. The van der Waals surface area contributed by atoms with E-state index in [0.717, 1.165) is 0 Å². The smallest absolute Gasteiger partial charge is 0.326 e. The number of thioether (sulfide) groups is 1. The molecule has 8 N–H and O–H groups in total. The molecule has 0 saturated heterocycles. The number of hydrogen-bond donors (Lipinski definition) is 7. The average Bonchev–Trinajstić information content (AvgIpc) is 3.31. The maximum Gasteiger partial charge on any atom is 0.326 e. The van der Waals surface area contributed by atoms with E-state index in [4.69, 9.17) is 5.73 Å². The first-order valence-electron chi connectivity index (χ1n) is 11.1. The van der Waals surface area contributed by atoms with Crippen molar-refractivity contribution in [3.63, 3.8) is 0 Å². The lowest BCUT2D eigenvalue weighted by atomic mass is 9.97. The van der Waals surface area contributed by atoms with E-state index >= 15 is 0 Å². The van der Waals surface area contributed by atoms with Crippen LogP contribution < -0.4 is 21.7 Å². The Balaban J connectivity index is 2.96. The largest absolute Gasteiger partial charge is 0.481 e. The van der Waals surface area contributed by atoms with Gasteiger partial charge in [-0.25, -0.2) is 9.78 Å². The van der Waals surface area contributed by atoms with Crippen molar-refractivity contribution < 1.29 is 34.2 Å². The molecule has 3 amide bonds. The van der Waals surface area contributed by atoms with Crippen LogP contribution in [0.4, 0.5) is 0 Å². The molecule has 1 aromatic heterocycles. The number of hydrogen-bond acceptors (Lipinski definition) is 8. The molecule has 35 heavy (non-hydrogen) atoms. The normalized spacial score (nSPS) is 15.2. The molecule has 5 unspecified atom stereocenters. The molecule has 0 radical (unpaired) electrons. The molecule has 196 valence electrons. The van der Waals surface area contributed by atoms with Gasteiger partial charge in [-0.2, -0.15) is 11.8 Å². The van der Waals surface area contributed by atoms with Gasteiger partial charge in [-0.15, -0.1) is 0 Å². The van der Waals surface area contributed by atoms with Crippen LogP contribution in [0.3, 0.4) is 0 Å². The van der Waals surface area contributed by atoms with E-state index in [1.807, 2.05) is 0 Å². The van der Waals surface area contributed by atoms with E-state index in [9.17, 15) is 34.2 Å². The number of imidazole rings is 1. The molecule has 1 aromatic rings. The highest BCUT2D eigenvalue weighted by Gasteiger charge is 2.33. The van der Waals surface area contributed by atoms with Crippen LogP contribution in [0.25, 0.3) is 0 Å². The molecule has 0 aromatic carbocycles. The van der Waals surface area contributed by atoms with Crippen molar-refractivity contribution in [3.8, 4) is 0 Å². The maximum absolute atomic E-state index is 12.9. The average molecular weight is 515 g/mol. The van der Waals surface area contributed by atoms with Crippen LogP contribution in [0.2, 0.25) is 0 Å². The summed E-state index contributed by atoms with van der Waals surface area (Å²) in [5.74, 6) is -4.82. The number of carbonyl (C=O) groups excluding carboxylic acids is 3. The van der Waals surface area contributed by atoms with Gasteiger partial charge >= 0.3 is 11.9 Å². The van der Waals surface area contributed by atoms with Crippen LogP contribution in [0.1, 0.15) is 38.8 Å². The second-order valence-electron chi connectivity index (χ2n) is 8.10. The Bertz CT molecular complexity index is 866. The number of nitrogens with zero attached hydrogens (tertiary/aromatic N) is 1. The maximum atomic E-state index is 12.9. The van der Waals surface area contributed by atoms with Gasteiger partial charge in [-0.05, 0) is 24.3 Å². The molecular weight excluding hydrogens is 480 g/mol. The van der Waals surface area contributed by atoms with E-state index in [2.05, 4.69) is 25.9 Å². The van der Waals surface area contributed by atoms with Crippen molar-refractivity contribution in [3.05, 3.63) is 18.2 Å². The minimum atomic E-state index is -1.50. The molecule has 0 bridgehead atoms. The summed E-state index contributed by atoms with van der Waals surface area (Å²) in [5.41, 5.74) is 6.45. The van der Waals surface area contributed by atoms with Crippen molar-refractivity contribution >= 4 is 41.4 Å². The van der Waals surface area contributed by atoms with Crippen molar-refractivity contribution in [2.45, 2.75) is 63.7 Å².